The number of aromatic nitrogens is 4. The minimum Gasteiger partial charge on any atom is -0.306 e. The summed E-state index contributed by atoms with van der Waals surface area (Å²) in [5.74, 6) is 0.763. The molecule has 1 aromatic carbocycles. The molecule has 0 aliphatic heterocycles. The molecule has 164 valence electrons. The quantitative estimate of drug-likeness (QED) is 0.611. The second-order valence-electron chi connectivity index (χ2n) is 8.93. The van der Waals surface area contributed by atoms with Crippen LogP contribution in [0.25, 0.3) is 5.95 Å². The van der Waals surface area contributed by atoms with Gasteiger partial charge in [0.15, 0.2) is 0 Å². The third-order valence-electron chi connectivity index (χ3n) is 5.20. The van der Waals surface area contributed by atoms with Crippen LogP contribution in [0.2, 0.25) is 0 Å². The fraction of sp³-hybridized carbons (Fsp3) is 0.417. The van der Waals surface area contributed by atoms with Crippen molar-refractivity contribution in [2.75, 3.05) is 11.9 Å². The fourth-order valence-corrected chi connectivity index (χ4v) is 3.23. The zero-order chi connectivity index (χ0) is 22.6. The summed E-state index contributed by atoms with van der Waals surface area (Å²) >= 11 is 0. The molecule has 0 spiro atoms. The van der Waals surface area contributed by atoms with Gasteiger partial charge in [0.1, 0.15) is 5.82 Å². The number of nitrogens with one attached hydrogen (secondary N) is 1. The molecule has 3 rings (SSSR count). The van der Waals surface area contributed by atoms with Crippen molar-refractivity contribution in [1.29, 1.82) is 0 Å². The summed E-state index contributed by atoms with van der Waals surface area (Å²) in [6, 6.07) is 11.9. The number of anilines is 1. The first-order valence-corrected chi connectivity index (χ1v) is 10.7. The molecule has 0 saturated carbocycles. The fourth-order valence-electron chi connectivity index (χ4n) is 3.23. The smallest absolute Gasteiger partial charge is 0.256 e. The van der Waals surface area contributed by atoms with Gasteiger partial charge in [-0.15, -0.1) is 0 Å². The SMILES string of the molecule is CCN(Cc1ccc(C(=O)Nc2cc(C(C)(C)C)nn2-c2ncccn2)cc1)C(C)C. The van der Waals surface area contributed by atoms with E-state index in [0.29, 0.717) is 23.4 Å². The number of hydrogen-bond acceptors (Lipinski definition) is 5. The van der Waals surface area contributed by atoms with Gasteiger partial charge in [-0.3, -0.25) is 9.69 Å². The van der Waals surface area contributed by atoms with E-state index in [4.69, 9.17) is 0 Å². The van der Waals surface area contributed by atoms with Crippen molar-refractivity contribution >= 4 is 11.7 Å². The molecule has 0 radical (unpaired) electrons. The third kappa shape index (κ3) is 5.55. The maximum Gasteiger partial charge on any atom is 0.256 e. The Balaban J connectivity index is 1.82. The molecule has 0 aliphatic rings. The summed E-state index contributed by atoms with van der Waals surface area (Å²) in [5, 5.41) is 7.62. The molecule has 7 heteroatoms. The minimum absolute atomic E-state index is 0.178. The number of carbonyl (C=O) groups is 1. The topological polar surface area (TPSA) is 75.9 Å². The lowest BCUT2D eigenvalue weighted by Gasteiger charge is -2.24. The molecule has 0 unspecified atom stereocenters. The Bertz CT molecular complexity index is 1000. The Kier molecular flexibility index (Phi) is 6.85. The van der Waals surface area contributed by atoms with Crippen LogP contribution in [0.1, 0.15) is 63.2 Å². The Morgan fingerprint density at radius 1 is 1.13 bits per heavy atom. The van der Waals surface area contributed by atoms with E-state index < -0.39 is 0 Å². The van der Waals surface area contributed by atoms with Crippen LogP contribution in [-0.4, -0.2) is 43.1 Å². The van der Waals surface area contributed by atoms with Crippen LogP contribution in [0.15, 0.2) is 48.8 Å². The molecule has 1 N–H and O–H groups in total. The van der Waals surface area contributed by atoms with E-state index in [1.165, 1.54) is 5.56 Å². The Morgan fingerprint density at radius 2 is 1.77 bits per heavy atom. The van der Waals surface area contributed by atoms with E-state index in [-0.39, 0.29) is 11.3 Å². The van der Waals surface area contributed by atoms with Crippen LogP contribution in [0.5, 0.6) is 0 Å². The number of amides is 1. The maximum atomic E-state index is 13.0. The maximum absolute atomic E-state index is 13.0. The zero-order valence-corrected chi connectivity index (χ0v) is 19.3. The molecule has 0 bridgehead atoms. The first-order chi connectivity index (χ1) is 14.7. The van der Waals surface area contributed by atoms with Crippen molar-refractivity contribution in [3.8, 4) is 5.95 Å². The van der Waals surface area contributed by atoms with E-state index in [1.807, 2.05) is 30.3 Å². The average molecular weight is 421 g/mol. The van der Waals surface area contributed by atoms with Gasteiger partial charge in [-0.05, 0) is 44.2 Å². The number of benzene rings is 1. The second kappa shape index (κ2) is 9.39. The van der Waals surface area contributed by atoms with Crippen molar-refractivity contribution in [3.05, 3.63) is 65.6 Å². The molecular formula is C24H32N6O. The van der Waals surface area contributed by atoms with Gasteiger partial charge in [0.25, 0.3) is 11.9 Å². The lowest BCUT2D eigenvalue weighted by Crippen LogP contribution is -2.29. The van der Waals surface area contributed by atoms with Crippen molar-refractivity contribution in [1.82, 2.24) is 24.6 Å². The minimum atomic E-state index is -0.194. The molecule has 0 aliphatic carbocycles. The molecular weight excluding hydrogens is 388 g/mol. The number of rotatable bonds is 7. The molecule has 3 aromatic rings. The largest absolute Gasteiger partial charge is 0.306 e. The first kappa shape index (κ1) is 22.6. The summed E-state index contributed by atoms with van der Waals surface area (Å²) in [4.78, 5) is 23.9. The highest BCUT2D eigenvalue weighted by molar-refractivity contribution is 6.04. The number of nitrogens with zero attached hydrogens (tertiary/aromatic N) is 5. The van der Waals surface area contributed by atoms with Gasteiger partial charge in [0, 0.05) is 42.0 Å². The van der Waals surface area contributed by atoms with E-state index >= 15 is 0 Å². The van der Waals surface area contributed by atoms with Crippen molar-refractivity contribution in [2.45, 2.75) is 59.5 Å². The van der Waals surface area contributed by atoms with Gasteiger partial charge in [-0.25, -0.2) is 9.97 Å². The molecule has 7 nitrogen and oxygen atoms in total. The summed E-state index contributed by atoms with van der Waals surface area (Å²) in [5.41, 5.74) is 2.45. The third-order valence-corrected chi connectivity index (χ3v) is 5.20. The highest BCUT2D eigenvalue weighted by atomic mass is 16.1. The van der Waals surface area contributed by atoms with Gasteiger partial charge in [0.2, 0.25) is 0 Å². The molecule has 31 heavy (non-hydrogen) atoms. The molecule has 0 atom stereocenters. The van der Waals surface area contributed by atoms with E-state index in [1.54, 1.807) is 23.1 Å². The van der Waals surface area contributed by atoms with Crippen LogP contribution in [0, 0.1) is 0 Å². The molecule has 0 saturated heterocycles. The monoisotopic (exact) mass is 420 g/mol. The molecule has 2 aromatic heterocycles. The Hall–Kier alpha value is -3.06. The van der Waals surface area contributed by atoms with Gasteiger partial charge >= 0.3 is 0 Å². The van der Waals surface area contributed by atoms with E-state index in [9.17, 15) is 4.79 Å². The highest BCUT2D eigenvalue weighted by Crippen LogP contribution is 2.25. The van der Waals surface area contributed by atoms with Crippen molar-refractivity contribution < 1.29 is 4.79 Å². The van der Waals surface area contributed by atoms with Crippen LogP contribution >= 0.6 is 0 Å². The first-order valence-electron chi connectivity index (χ1n) is 10.7. The predicted molar refractivity (Wildman–Crippen MR) is 123 cm³/mol. The number of hydrogen-bond donors (Lipinski definition) is 1. The van der Waals surface area contributed by atoms with Gasteiger partial charge < -0.3 is 5.32 Å². The second-order valence-corrected chi connectivity index (χ2v) is 8.93. The zero-order valence-electron chi connectivity index (χ0n) is 19.3. The molecule has 1 amide bonds. The standard InChI is InChI=1S/C24H32N6O/c1-7-29(17(2)3)16-18-9-11-19(12-10-18)22(31)27-21-15-20(24(4,5)6)28-30(21)23-25-13-8-14-26-23/h8-15,17H,7,16H2,1-6H3,(H,27,31). The Morgan fingerprint density at radius 3 is 2.32 bits per heavy atom. The van der Waals surface area contributed by atoms with Crippen LogP contribution in [0.3, 0.4) is 0 Å². The van der Waals surface area contributed by atoms with Gasteiger partial charge in [-0.1, -0.05) is 39.8 Å². The van der Waals surface area contributed by atoms with E-state index in [2.05, 4.69) is 66.8 Å². The van der Waals surface area contributed by atoms with E-state index in [0.717, 1.165) is 18.8 Å². The summed E-state index contributed by atoms with van der Waals surface area (Å²) in [7, 11) is 0. The predicted octanol–water partition coefficient (Wildman–Crippen LogP) is 4.44. The summed E-state index contributed by atoms with van der Waals surface area (Å²) in [6.07, 6.45) is 3.31. The van der Waals surface area contributed by atoms with Gasteiger partial charge in [-0.2, -0.15) is 9.78 Å². The normalized spacial score (nSPS) is 11.9. The van der Waals surface area contributed by atoms with Crippen LogP contribution in [-0.2, 0) is 12.0 Å². The van der Waals surface area contributed by atoms with Gasteiger partial charge in [0.05, 0.1) is 5.69 Å². The molecule has 2 heterocycles. The van der Waals surface area contributed by atoms with Crippen molar-refractivity contribution in [2.24, 2.45) is 0 Å². The summed E-state index contributed by atoms with van der Waals surface area (Å²) in [6.45, 7) is 14.6. The number of carbonyl (C=O) groups excluding carboxylic acids is 1. The lowest BCUT2D eigenvalue weighted by molar-refractivity contribution is 0.102. The van der Waals surface area contributed by atoms with Crippen molar-refractivity contribution in [3.63, 3.8) is 0 Å². The molecule has 0 fully saturated rings. The average Bonchev–Trinajstić information content (AvgIpc) is 3.17. The van der Waals surface area contributed by atoms with Crippen LogP contribution < -0.4 is 5.32 Å². The summed E-state index contributed by atoms with van der Waals surface area (Å²) < 4.78 is 1.58. The Labute approximate surface area is 184 Å². The highest BCUT2D eigenvalue weighted by Gasteiger charge is 2.22. The van der Waals surface area contributed by atoms with Crippen LogP contribution in [0.4, 0.5) is 5.82 Å². The lowest BCUT2D eigenvalue weighted by atomic mass is 9.92.